The molecule has 0 fully saturated rings. The lowest BCUT2D eigenvalue weighted by molar-refractivity contribution is -0.148. The van der Waals surface area contributed by atoms with Crippen LogP contribution in [0.2, 0.25) is 18.1 Å². The van der Waals surface area contributed by atoms with E-state index in [0.29, 0.717) is 0 Å². The third-order valence-corrected chi connectivity index (χ3v) is 10.2. The van der Waals surface area contributed by atoms with Gasteiger partial charge in [0.25, 0.3) is 0 Å². The second kappa shape index (κ2) is 10.5. The quantitative estimate of drug-likeness (QED) is 0.263. The van der Waals surface area contributed by atoms with Crippen molar-refractivity contribution in [1.82, 2.24) is 0 Å². The fraction of sp³-hybridized carbons (Fsp3) is 0.842. The monoisotopic (exact) mass is 372 g/mol. The minimum absolute atomic E-state index is 0.0206. The van der Waals surface area contributed by atoms with Crippen molar-refractivity contribution in [2.45, 2.75) is 78.0 Å². The van der Waals surface area contributed by atoms with Gasteiger partial charge in [0, 0.05) is 25.9 Å². The molecule has 146 valence electrons. The van der Waals surface area contributed by atoms with Gasteiger partial charge in [-0.2, -0.15) is 0 Å². The minimum Gasteiger partial charge on any atom is -0.458 e. The van der Waals surface area contributed by atoms with Crippen LogP contribution in [0.5, 0.6) is 0 Å². The summed E-state index contributed by atoms with van der Waals surface area (Å²) < 4.78 is 23.3. The van der Waals surface area contributed by atoms with Gasteiger partial charge in [0.1, 0.15) is 12.9 Å². The Hall–Kier alpha value is -0.693. The van der Waals surface area contributed by atoms with Gasteiger partial charge in [-0.25, -0.2) is 0 Å². The zero-order chi connectivity index (χ0) is 19.0. The van der Waals surface area contributed by atoms with E-state index >= 15 is 0 Å². The summed E-state index contributed by atoms with van der Waals surface area (Å²) in [5.74, 6) is -0.0459. The Kier molecular flexibility index (Phi) is 9.35. The van der Waals surface area contributed by atoms with Gasteiger partial charge in [-0.1, -0.05) is 40.7 Å². The van der Waals surface area contributed by atoms with Crippen LogP contribution in [0.4, 0.5) is 0 Å². The molecule has 0 unspecified atom stereocenters. The van der Waals surface area contributed by atoms with E-state index in [-0.39, 0.29) is 42.9 Å². The van der Waals surface area contributed by atoms with Crippen molar-refractivity contribution in [3.63, 3.8) is 0 Å². The highest BCUT2D eigenvalue weighted by Gasteiger charge is 2.42. The molecule has 5 nitrogen and oxygen atoms in total. The Morgan fingerprint density at radius 1 is 1.00 bits per heavy atom. The average Bonchev–Trinajstić information content (AvgIpc) is 2.70. The van der Waals surface area contributed by atoms with Crippen LogP contribution in [-0.2, 0) is 23.4 Å². The van der Waals surface area contributed by atoms with Crippen LogP contribution < -0.4 is 0 Å². The number of hydrogen-bond acceptors (Lipinski definition) is 5. The molecule has 0 spiro atoms. The molecule has 6 heteroatoms. The fourth-order valence-electron chi connectivity index (χ4n) is 3.62. The molecule has 0 heterocycles. The molecule has 0 saturated carbocycles. The van der Waals surface area contributed by atoms with Crippen molar-refractivity contribution >= 4 is 14.3 Å². The highest BCUT2D eigenvalue weighted by Crippen LogP contribution is 2.35. The predicted molar refractivity (Wildman–Crippen MR) is 102 cm³/mol. The smallest absolute Gasteiger partial charge is 0.303 e. The first-order chi connectivity index (χ1) is 11.8. The number of carbonyl (C=O) groups is 1. The van der Waals surface area contributed by atoms with Crippen LogP contribution in [0.25, 0.3) is 0 Å². The van der Waals surface area contributed by atoms with Crippen molar-refractivity contribution in [2.75, 3.05) is 13.9 Å². The van der Waals surface area contributed by atoms with Gasteiger partial charge in [-0.05, 0) is 24.2 Å². The molecule has 0 radical (unpaired) electrons. The first kappa shape index (κ1) is 22.3. The fourth-order valence-corrected chi connectivity index (χ4v) is 6.62. The van der Waals surface area contributed by atoms with Crippen LogP contribution in [0.3, 0.4) is 0 Å². The minimum atomic E-state index is -1.80. The first-order valence-corrected chi connectivity index (χ1v) is 12.0. The number of ether oxygens (including phenoxy) is 3. The normalized spacial score (nSPS) is 30.1. The molecule has 1 rings (SSSR count). The number of rotatable bonds is 9. The lowest BCUT2D eigenvalue weighted by Crippen LogP contribution is -2.48. The zero-order valence-corrected chi connectivity index (χ0v) is 17.9. The van der Waals surface area contributed by atoms with E-state index in [1.165, 1.54) is 6.92 Å². The maximum atomic E-state index is 11.5. The molecule has 25 heavy (non-hydrogen) atoms. The zero-order valence-electron chi connectivity index (χ0n) is 16.9. The average molecular weight is 373 g/mol. The van der Waals surface area contributed by atoms with Crippen LogP contribution in [0.15, 0.2) is 12.2 Å². The molecule has 0 bridgehead atoms. The second-order valence-corrected chi connectivity index (χ2v) is 11.8. The lowest BCUT2D eigenvalue weighted by atomic mass is 9.89. The lowest BCUT2D eigenvalue weighted by Gasteiger charge is -2.40. The summed E-state index contributed by atoms with van der Waals surface area (Å²) in [6, 6.07) is 3.27. The van der Waals surface area contributed by atoms with E-state index in [1.54, 1.807) is 7.11 Å². The Morgan fingerprint density at radius 2 is 1.52 bits per heavy atom. The first-order valence-electron chi connectivity index (χ1n) is 9.48. The van der Waals surface area contributed by atoms with Crippen LogP contribution in [0, 0.1) is 11.8 Å². The van der Waals surface area contributed by atoms with Crippen molar-refractivity contribution < 1.29 is 23.4 Å². The van der Waals surface area contributed by atoms with Crippen LogP contribution >= 0.6 is 0 Å². The molecule has 1 aliphatic rings. The molecule has 1 aliphatic carbocycles. The summed E-state index contributed by atoms with van der Waals surface area (Å²) in [5.41, 5.74) is 0. The van der Waals surface area contributed by atoms with Gasteiger partial charge in [0.2, 0.25) is 0 Å². The Labute approximate surface area is 154 Å². The van der Waals surface area contributed by atoms with E-state index in [4.69, 9.17) is 18.6 Å². The van der Waals surface area contributed by atoms with Gasteiger partial charge >= 0.3 is 5.97 Å². The molecule has 0 aromatic carbocycles. The predicted octanol–water partition coefficient (Wildman–Crippen LogP) is 4.14. The third-order valence-electron chi connectivity index (χ3n) is 5.56. The van der Waals surface area contributed by atoms with E-state index in [2.05, 4.69) is 34.6 Å². The summed E-state index contributed by atoms with van der Waals surface area (Å²) in [5, 5.41) is 0. The van der Waals surface area contributed by atoms with Gasteiger partial charge in [0.15, 0.2) is 8.32 Å². The molecule has 0 amide bonds. The number of carbonyl (C=O) groups excluding carboxylic acids is 1. The highest BCUT2D eigenvalue weighted by molar-refractivity contribution is 6.73. The number of hydrogen-bond donors (Lipinski definition) is 0. The second-order valence-electron chi connectivity index (χ2n) is 7.04. The molecule has 0 saturated heterocycles. The van der Waals surface area contributed by atoms with Gasteiger partial charge in [-0.3, -0.25) is 4.79 Å². The van der Waals surface area contributed by atoms with Crippen molar-refractivity contribution in [3.8, 4) is 0 Å². The van der Waals surface area contributed by atoms with E-state index in [1.807, 2.05) is 12.2 Å². The van der Waals surface area contributed by atoms with E-state index in [0.717, 1.165) is 18.1 Å². The van der Waals surface area contributed by atoms with E-state index < -0.39 is 8.32 Å². The SMILES string of the molecule is CC[Si](CC)(CC)O[C@H]1[C@@H](C)[C@H](OCOC)C=C[C@@H](OC(C)=O)[C@H]1C. The molecular formula is C19H36O5Si. The molecule has 0 aromatic heterocycles. The molecule has 0 N–H and O–H groups in total. The largest absolute Gasteiger partial charge is 0.458 e. The maximum absolute atomic E-state index is 11.5. The van der Waals surface area contributed by atoms with Gasteiger partial charge in [-0.15, -0.1) is 0 Å². The maximum Gasteiger partial charge on any atom is 0.303 e. The number of methoxy groups -OCH3 is 1. The Morgan fingerprint density at radius 3 is 2.00 bits per heavy atom. The van der Waals surface area contributed by atoms with Crippen LogP contribution in [0.1, 0.15) is 41.5 Å². The molecule has 0 aromatic rings. The summed E-state index contributed by atoms with van der Waals surface area (Å²) in [7, 11) is -0.179. The summed E-state index contributed by atoms with van der Waals surface area (Å²) >= 11 is 0. The Bertz CT molecular complexity index is 427. The van der Waals surface area contributed by atoms with Crippen molar-refractivity contribution in [1.29, 1.82) is 0 Å². The number of esters is 1. The molecule has 0 aliphatic heterocycles. The van der Waals surface area contributed by atoms with Gasteiger partial charge < -0.3 is 18.6 Å². The Balaban J connectivity index is 3.12. The van der Waals surface area contributed by atoms with Crippen molar-refractivity contribution in [2.24, 2.45) is 11.8 Å². The van der Waals surface area contributed by atoms with Gasteiger partial charge in [0.05, 0.1) is 12.2 Å². The van der Waals surface area contributed by atoms with Crippen LogP contribution in [-0.4, -0.2) is 46.5 Å². The third kappa shape index (κ3) is 5.91. The van der Waals surface area contributed by atoms with E-state index in [9.17, 15) is 4.79 Å². The summed E-state index contributed by atoms with van der Waals surface area (Å²) in [4.78, 5) is 11.5. The standard InChI is InChI=1S/C19H36O5Si/c1-8-25(9-2,10-3)24-19-14(4)17(22-13-21-7)11-12-18(15(19)5)23-16(6)20/h11-12,14-15,17-19H,8-10,13H2,1-7H3/t14-,15+,17+,18+,19-/m0/s1. The highest BCUT2D eigenvalue weighted by atomic mass is 28.4. The van der Waals surface area contributed by atoms with Crippen molar-refractivity contribution in [3.05, 3.63) is 12.2 Å². The summed E-state index contributed by atoms with van der Waals surface area (Å²) in [6.07, 6.45) is 3.50. The topological polar surface area (TPSA) is 54.0 Å². The summed E-state index contributed by atoms with van der Waals surface area (Å²) in [6.45, 7) is 12.6. The molecule has 5 atom stereocenters. The molecular weight excluding hydrogens is 336 g/mol.